The van der Waals surface area contributed by atoms with E-state index in [2.05, 4.69) is 11.7 Å². The van der Waals surface area contributed by atoms with Gasteiger partial charge >= 0.3 is 5.97 Å². The fourth-order valence-electron chi connectivity index (χ4n) is 1.90. The topological polar surface area (TPSA) is 26.3 Å². The highest BCUT2D eigenvalue weighted by molar-refractivity contribution is 5.81. The lowest BCUT2D eigenvalue weighted by molar-refractivity contribution is -0.134. The lowest BCUT2D eigenvalue weighted by atomic mass is 9.80. The molecule has 0 aromatic rings. The number of methoxy groups -OCH3 is 1. The zero-order valence-electron chi connectivity index (χ0n) is 8.45. The van der Waals surface area contributed by atoms with Crippen LogP contribution in [0.4, 0.5) is 0 Å². The molecule has 1 saturated carbocycles. The Morgan fingerprint density at radius 3 is 2.69 bits per heavy atom. The van der Waals surface area contributed by atoms with Gasteiger partial charge in [0, 0.05) is 6.08 Å². The van der Waals surface area contributed by atoms with Crippen LogP contribution in [0.1, 0.15) is 32.6 Å². The number of hydrogen-bond acceptors (Lipinski definition) is 2. The first kappa shape index (κ1) is 10.3. The third-order valence-corrected chi connectivity index (χ3v) is 2.86. The molecule has 1 aliphatic carbocycles. The SMILES string of the molecule is COC(=O)/C=C/C1CCCCC1C. The molecule has 0 spiro atoms. The van der Waals surface area contributed by atoms with Crippen molar-refractivity contribution in [2.24, 2.45) is 11.8 Å². The molecule has 2 atom stereocenters. The maximum absolute atomic E-state index is 10.9. The average Bonchev–Trinajstić information content (AvgIpc) is 2.16. The van der Waals surface area contributed by atoms with Crippen molar-refractivity contribution in [2.45, 2.75) is 32.6 Å². The van der Waals surface area contributed by atoms with E-state index in [1.165, 1.54) is 32.8 Å². The number of rotatable bonds is 2. The van der Waals surface area contributed by atoms with Gasteiger partial charge < -0.3 is 4.74 Å². The van der Waals surface area contributed by atoms with Gasteiger partial charge in [-0.3, -0.25) is 0 Å². The second kappa shape index (κ2) is 5.05. The summed E-state index contributed by atoms with van der Waals surface area (Å²) >= 11 is 0. The lowest BCUT2D eigenvalue weighted by Crippen LogP contribution is -2.14. The molecular weight excluding hydrogens is 164 g/mol. The molecule has 0 bridgehead atoms. The molecule has 0 N–H and O–H groups in total. The lowest BCUT2D eigenvalue weighted by Gasteiger charge is -2.25. The van der Waals surface area contributed by atoms with Crippen molar-refractivity contribution in [1.29, 1.82) is 0 Å². The normalized spacial score (nSPS) is 29.1. The van der Waals surface area contributed by atoms with Crippen LogP contribution in [0.5, 0.6) is 0 Å². The largest absolute Gasteiger partial charge is 0.466 e. The second-order valence-corrected chi connectivity index (χ2v) is 3.81. The first-order valence-corrected chi connectivity index (χ1v) is 5.00. The average molecular weight is 182 g/mol. The van der Waals surface area contributed by atoms with Crippen LogP contribution in [0, 0.1) is 11.8 Å². The molecule has 2 heteroatoms. The molecule has 1 aliphatic rings. The summed E-state index contributed by atoms with van der Waals surface area (Å²) in [4.78, 5) is 10.9. The van der Waals surface area contributed by atoms with E-state index in [9.17, 15) is 4.79 Å². The van der Waals surface area contributed by atoms with Crippen molar-refractivity contribution in [3.63, 3.8) is 0 Å². The molecule has 13 heavy (non-hydrogen) atoms. The maximum atomic E-state index is 10.9. The quantitative estimate of drug-likeness (QED) is 0.484. The molecule has 2 unspecified atom stereocenters. The second-order valence-electron chi connectivity index (χ2n) is 3.81. The maximum Gasteiger partial charge on any atom is 0.330 e. The molecule has 0 heterocycles. The van der Waals surface area contributed by atoms with Crippen molar-refractivity contribution in [2.75, 3.05) is 7.11 Å². The smallest absolute Gasteiger partial charge is 0.330 e. The van der Waals surface area contributed by atoms with Crippen molar-refractivity contribution >= 4 is 5.97 Å². The van der Waals surface area contributed by atoms with E-state index in [0.29, 0.717) is 5.92 Å². The van der Waals surface area contributed by atoms with E-state index in [4.69, 9.17) is 0 Å². The Hall–Kier alpha value is -0.790. The summed E-state index contributed by atoms with van der Waals surface area (Å²) in [6, 6.07) is 0. The third kappa shape index (κ3) is 3.21. The minimum Gasteiger partial charge on any atom is -0.466 e. The molecule has 1 rings (SSSR count). The molecule has 74 valence electrons. The van der Waals surface area contributed by atoms with Crippen LogP contribution in [0.15, 0.2) is 12.2 Å². The Morgan fingerprint density at radius 2 is 2.08 bits per heavy atom. The van der Waals surface area contributed by atoms with E-state index in [1.807, 2.05) is 6.08 Å². The molecule has 0 aliphatic heterocycles. The van der Waals surface area contributed by atoms with Gasteiger partial charge in [-0.2, -0.15) is 0 Å². The molecule has 2 nitrogen and oxygen atoms in total. The highest BCUT2D eigenvalue weighted by Gasteiger charge is 2.18. The Kier molecular flexibility index (Phi) is 4.00. The molecule has 1 fully saturated rings. The Bertz CT molecular complexity index is 196. The van der Waals surface area contributed by atoms with Crippen molar-refractivity contribution in [3.05, 3.63) is 12.2 Å². The van der Waals surface area contributed by atoms with Gasteiger partial charge in [-0.05, 0) is 18.3 Å². The van der Waals surface area contributed by atoms with Crippen LogP contribution in [-0.2, 0) is 9.53 Å². The molecule has 0 aromatic heterocycles. The van der Waals surface area contributed by atoms with Crippen LogP contribution < -0.4 is 0 Å². The number of carbonyl (C=O) groups is 1. The van der Waals surface area contributed by atoms with E-state index < -0.39 is 0 Å². The summed E-state index contributed by atoms with van der Waals surface area (Å²) in [5.74, 6) is 1.06. The van der Waals surface area contributed by atoms with Crippen LogP contribution in [0.25, 0.3) is 0 Å². The molecular formula is C11H18O2. The van der Waals surface area contributed by atoms with Crippen molar-refractivity contribution in [3.8, 4) is 0 Å². The highest BCUT2D eigenvalue weighted by Crippen LogP contribution is 2.30. The van der Waals surface area contributed by atoms with Gasteiger partial charge in [0.2, 0.25) is 0 Å². The number of carbonyl (C=O) groups excluding carboxylic acids is 1. The standard InChI is InChI=1S/C11H18O2/c1-9-5-3-4-6-10(9)7-8-11(12)13-2/h7-10H,3-6H2,1-2H3/b8-7+. The fourth-order valence-corrected chi connectivity index (χ4v) is 1.90. The van der Waals surface area contributed by atoms with Crippen LogP contribution >= 0.6 is 0 Å². The number of ether oxygens (including phenoxy) is 1. The Balaban J connectivity index is 2.41. The summed E-state index contributed by atoms with van der Waals surface area (Å²) in [6.45, 7) is 2.26. The van der Waals surface area contributed by atoms with Gasteiger partial charge in [0.1, 0.15) is 0 Å². The van der Waals surface area contributed by atoms with E-state index in [-0.39, 0.29) is 5.97 Å². The van der Waals surface area contributed by atoms with Crippen molar-refractivity contribution in [1.82, 2.24) is 0 Å². The summed E-state index contributed by atoms with van der Waals surface area (Å²) in [6.07, 6.45) is 8.71. The molecule has 0 radical (unpaired) electrons. The molecule has 0 aromatic carbocycles. The zero-order valence-corrected chi connectivity index (χ0v) is 8.45. The number of esters is 1. The van der Waals surface area contributed by atoms with Crippen LogP contribution in [0.3, 0.4) is 0 Å². The van der Waals surface area contributed by atoms with E-state index in [1.54, 1.807) is 6.08 Å². The number of hydrogen-bond donors (Lipinski definition) is 0. The van der Waals surface area contributed by atoms with Gasteiger partial charge in [0.15, 0.2) is 0 Å². The first-order chi connectivity index (χ1) is 6.24. The van der Waals surface area contributed by atoms with Gasteiger partial charge in [-0.1, -0.05) is 32.3 Å². The molecule has 0 saturated heterocycles. The fraction of sp³-hybridized carbons (Fsp3) is 0.727. The molecule has 0 amide bonds. The monoisotopic (exact) mass is 182 g/mol. The van der Waals surface area contributed by atoms with Crippen molar-refractivity contribution < 1.29 is 9.53 Å². The summed E-state index contributed by atoms with van der Waals surface area (Å²) in [7, 11) is 1.41. The highest BCUT2D eigenvalue weighted by atomic mass is 16.5. The Morgan fingerprint density at radius 1 is 1.38 bits per heavy atom. The predicted octanol–water partition coefficient (Wildman–Crippen LogP) is 2.54. The van der Waals surface area contributed by atoms with E-state index in [0.717, 1.165) is 5.92 Å². The minimum atomic E-state index is -0.238. The Labute approximate surface area is 80.0 Å². The van der Waals surface area contributed by atoms with Gasteiger partial charge in [-0.25, -0.2) is 4.79 Å². The van der Waals surface area contributed by atoms with Crippen LogP contribution in [-0.4, -0.2) is 13.1 Å². The summed E-state index contributed by atoms with van der Waals surface area (Å²) in [5, 5.41) is 0. The summed E-state index contributed by atoms with van der Waals surface area (Å²) < 4.78 is 4.55. The first-order valence-electron chi connectivity index (χ1n) is 5.00. The van der Waals surface area contributed by atoms with E-state index >= 15 is 0 Å². The predicted molar refractivity (Wildman–Crippen MR) is 52.3 cm³/mol. The third-order valence-electron chi connectivity index (χ3n) is 2.86. The minimum absolute atomic E-state index is 0.238. The van der Waals surface area contributed by atoms with Gasteiger partial charge in [0.05, 0.1) is 7.11 Å². The van der Waals surface area contributed by atoms with Crippen LogP contribution in [0.2, 0.25) is 0 Å². The number of allylic oxidation sites excluding steroid dienone is 1. The zero-order chi connectivity index (χ0) is 9.68. The van der Waals surface area contributed by atoms with Gasteiger partial charge in [-0.15, -0.1) is 0 Å². The summed E-state index contributed by atoms with van der Waals surface area (Å²) in [5.41, 5.74) is 0. The van der Waals surface area contributed by atoms with Gasteiger partial charge in [0.25, 0.3) is 0 Å².